The molecule has 3 rings (SSSR count). The summed E-state index contributed by atoms with van der Waals surface area (Å²) in [4.78, 5) is 14.3. The van der Waals surface area contributed by atoms with E-state index in [1.807, 2.05) is 12.1 Å². The Balaban J connectivity index is 1.67. The van der Waals surface area contributed by atoms with Crippen LogP contribution in [0.5, 0.6) is 11.5 Å². The van der Waals surface area contributed by atoms with Crippen LogP contribution in [0.3, 0.4) is 0 Å². The molecule has 1 aromatic heterocycles. The highest BCUT2D eigenvalue weighted by Gasteiger charge is 2.30. The molecule has 0 aliphatic carbocycles. The Kier molecular flexibility index (Phi) is 4.92. The minimum Gasteiger partial charge on any atom is -0.493 e. The average molecular weight is 344 g/mol. The number of benzene rings is 1. The molecule has 0 bridgehead atoms. The molecule has 7 nitrogen and oxygen atoms in total. The van der Waals surface area contributed by atoms with Crippen molar-refractivity contribution in [3.8, 4) is 11.5 Å². The van der Waals surface area contributed by atoms with Crippen LogP contribution in [0.4, 0.5) is 0 Å². The number of aromatic nitrogens is 3. The van der Waals surface area contributed by atoms with Crippen molar-refractivity contribution in [2.24, 2.45) is 0 Å². The van der Waals surface area contributed by atoms with Crippen molar-refractivity contribution in [2.75, 3.05) is 20.3 Å². The van der Waals surface area contributed by atoms with E-state index in [-0.39, 0.29) is 18.6 Å². The molecule has 7 heteroatoms. The predicted molar refractivity (Wildman–Crippen MR) is 92.7 cm³/mol. The fraction of sp³-hybridized carbons (Fsp3) is 0.500. The summed E-state index contributed by atoms with van der Waals surface area (Å²) in [6.07, 6.45) is 0. The molecule has 1 aromatic carbocycles. The van der Waals surface area contributed by atoms with Gasteiger partial charge in [0.25, 0.3) is 5.91 Å². The fourth-order valence-electron chi connectivity index (χ4n) is 3.11. The zero-order valence-electron chi connectivity index (χ0n) is 15.1. The number of methoxy groups -OCH3 is 1. The minimum atomic E-state index is -0.0712. The summed E-state index contributed by atoms with van der Waals surface area (Å²) >= 11 is 0. The lowest BCUT2D eigenvalue weighted by Gasteiger charge is -2.33. The Morgan fingerprint density at radius 2 is 2.00 bits per heavy atom. The molecular formula is C18H24N4O3. The van der Waals surface area contributed by atoms with Gasteiger partial charge in [-0.05, 0) is 19.1 Å². The van der Waals surface area contributed by atoms with E-state index >= 15 is 0 Å². The molecule has 0 unspecified atom stereocenters. The van der Waals surface area contributed by atoms with Crippen LogP contribution in [-0.2, 0) is 11.3 Å². The Morgan fingerprint density at radius 3 is 2.68 bits per heavy atom. The quantitative estimate of drug-likeness (QED) is 0.833. The van der Waals surface area contributed by atoms with E-state index in [1.165, 1.54) is 0 Å². The largest absolute Gasteiger partial charge is 0.493 e. The fourth-order valence-corrected chi connectivity index (χ4v) is 3.11. The number of nitrogens with zero attached hydrogens (tertiary/aromatic N) is 4. The van der Waals surface area contributed by atoms with Crippen LogP contribution in [0.25, 0.3) is 0 Å². The van der Waals surface area contributed by atoms with Gasteiger partial charge >= 0.3 is 0 Å². The summed E-state index contributed by atoms with van der Waals surface area (Å²) in [5.74, 6) is 3.21. The number of ether oxygens (including phenoxy) is 2. The Morgan fingerprint density at radius 1 is 1.28 bits per heavy atom. The van der Waals surface area contributed by atoms with Crippen molar-refractivity contribution in [3.63, 3.8) is 0 Å². The van der Waals surface area contributed by atoms with Crippen LogP contribution >= 0.6 is 0 Å². The lowest BCUT2D eigenvalue weighted by Crippen LogP contribution is -2.42. The summed E-state index contributed by atoms with van der Waals surface area (Å²) in [6, 6.07) is 7.45. The lowest BCUT2D eigenvalue weighted by atomic mass is 10.1. The monoisotopic (exact) mass is 344 g/mol. The van der Waals surface area contributed by atoms with E-state index < -0.39 is 0 Å². The number of carbonyl (C=O) groups is 1. The molecular weight excluding hydrogens is 320 g/mol. The molecule has 1 aliphatic heterocycles. The third-order valence-corrected chi connectivity index (χ3v) is 4.34. The van der Waals surface area contributed by atoms with E-state index in [2.05, 4.69) is 35.5 Å². The van der Waals surface area contributed by atoms with Crippen molar-refractivity contribution in [2.45, 2.75) is 39.3 Å². The zero-order valence-corrected chi connectivity index (χ0v) is 15.1. The van der Waals surface area contributed by atoms with Crippen LogP contribution in [0.1, 0.15) is 44.4 Å². The van der Waals surface area contributed by atoms with Crippen LogP contribution in [0, 0.1) is 0 Å². The van der Waals surface area contributed by atoms with Crippen molar-refractivity contribution in [3.05, 3.63) is 35.9 Å². The van der Waals surface area contributed by atoms with Gasteiger partial charge in [-0.2, -0.15) is 0 Å². The van der Waals surface area contributed by atoms with E-state index in [9.17, 15) is 4.79 Å². The maximum atomic E-state index is 12.6. The first-order valence-electron chi connectivity index (χ1n) is 8.48. The summed E-state index contributed by atoms with van der Waals surface area (Å²) in [6.45, 7) is 7.33. The van der Waals surface area contributed by atoms with Gasteiger partial charge in [-0.15, -0.1) is 10.2 Å². The third-order valence-electron chi connectivity index (χ3n) is 4.34. The molecule has 2 heterocycles. The average Bonchev–Trinajstić information content (AvgIpc) is 3.04. The molecule has 1 amide bonds. The van der Waals surface area contributed by atoms with Gasteiger partial charge < -0.3 is 18.9 Å². The lowest BCUT2D eigenvalue weighted by molar-refractivity contribution is -0.135. The molecule has 0 fully saturated rings. The summed E-state index contributed by atoms with van der Waals surface area (Å²) in [5.41, 5.74) is 0. The standard InChI is InChI=1S/C18H24N4O3/c1-12(2)18-20-19-16-10-21(9-13(3)22(16)18)17(23)11-25-15-8-6-5-7-14(15)24-4/h5-8,12-13H,9-11H2,1-4H3/t13-/m0/s1. The van der Waals surface area contributed by atoms with Gasteiger partial charge in [0.15, 0.2) is 23.9 Å². The molecule has 1 atom stereocenters. The normalized spacial score (nSPS) is 16.7. The molecule has 0 spiro atoms. The number of rotatable bonds is 5. The highest BCUT2D eigenvalue weighted by atomic mass is 16.5. The Bertz CT molecular complexity index is 757. The van der Waals surface area contributed by atoms with Crippen LogP contribution in [0.2, 0.25) is 0 Å². The molecule has 2 aromatic rings. The maximum absolute atomic E-state index is 12.6. The first kappa shape index (κ1) is 17.3. The second-order valence-corrected chi connectivity index (χ2v) is 6.56. The van der Waals surface area contributed by atoms with Gasteiger partial charge in [-0.25, -0.2) is 0 Å². The van der Waals surface area contributed by atoms with Gasteiger partial charge in [-0.1, -0.05) is 26.0 Å². The molecule has 0 N–H and O–H groups in total. The molecule has 134 valence electrons. The maximum Gasteiger partial charge on any atom is 0.260 e. The van der Waals surface area contributed by atoms with Crippen LogP contribution in [0.15, 0.2) is 24.3 Å². The van der Waals surface area contributed by atoms with Gasteiger partial charge in [0.05, 0.1) is 19.7 Å². The molecule has 0 radical (unpaired) electrons. The van der Waals surface area contributed by atoms with Gasteiger partial charge in [0.2, 0.25) is 0 Å². The zero-order chi connectivity index (χ0) is 18.0. The van der Waals surface area contributed by atoms with Crippen LogP contribution < -0.4 is 9.47 Å². The molecule has 1 aliphatic rings. The van der Waals surface area contributed by atoms with Crippen LogP contribution in [-0.4, -0.2) is 45.8 Å². The van der Waals surface area contributed by atoms with Gasteiger partial charge in [-0.3, -0.25) is 4.79 Å². The molecule has 25 heavy (non-hydrogen) atoms. The highest BCUT2D eigenvalue weighted by molar-refractivity contribution is 5.78. The number of fused-ring (bicyclic) bond motifs is 1. The van der Waals surface area contributed by atoms with Crippen molar-refractivity contribution in [1.82, 2.24) is 19.7 Å². The Labute approximate surface area is 147 Å². The number of carbonyl (C=O) groups excluding carboxylic acids is 1. The van der Waals surface area contributed by atoms with E-state index in [0.717, 1.165) is 11.6 Å². The number of amides is 1. The summed E-state index contributed by atoms with van der Waals surface area (Å²) in [7, 11) is 1.58. The van der Waals surface area contributed by atoms with E-state index in [1.54, 1.807) is 24.1 Å². The van der Waals surface area contributed by atoms with Crippen molar-refractivity contribution >= 4 is 5.91 Å². The second-order valence-electron chi connectivity index (χ2n) is 6.56. The van der Waals surface area contributed by atoms with Crippen molar-refractivity contribution < 1.29 is 14.3 Å². The summed E-state index contributed by atoms with van der Waals surface area (Å²) < 4.78 is 13.0. The van der Waals surface area contributed by atoms with E-state index in [4.69, 9.17) is 9.47 Å². The summed E-state index contributed by atoms with van der Waals surface area (Å²) in [5, 5.41) is 8.55. The van der Waals surface area contributed by atoms with Gasteiger partial charge in [0, 0.05) is 12.5 Å². The topological polar surface area (TPSA) is 69.5 Å². The second kappa shape index (κ2) is 7.13. The first-order chi connectivity index (χ1) is 12.0. The minimum absolute atomic E-state index is 0.0295. The predicted octanol–water partition coefficient (Wildman–Crippen LogP) is 2.39. The number of hydrogen-bond acceptors (Lipinski definition) is 5. The number of hydrogen-bond donors (Lipinski definition) is 0. The molecule has 0 saturated heterocycles. The van der Waals surface area contributed by atoms with E-state index in [0.29, 0.717) is 30.5 Å². The molecule has 0 saturated carbocycles. The Hall–Kier alpha value is -2.57. The smallest absolute Gasteiger partial charge is 0.260 e. The highest BCUT2D eigenvalue weighted by Crippen LogP contribution is 2.27. The number of para-hydroxylation sites is 2. The van der Waals surface area contributed by atoms with Gasteiger partial charge in [0.1, 0.15) is 5.82 Å². The van der Waals surface area contributed by atoms with Crippen molar-refractivity contribution in [1.29, 1.82) is 0 Å². The SMILES string of the molecule is COc1ccccc1OCC(=O)N1Cc2nnc(C(C)C)n2[C@@H](C)C1. The third kappa shape index (κ3) is 3.45. The first-order valence-corrected chi connectivity index (χ1v) is 8.48.